The van der Waals surface area contributed by atoms with Crippen molar-refractivity contribution in [2.24, 2.45) is 0 Å². The summed E-state index contributed by atoms with van der Waals surface area (Å²) >= 11 is 0. The SMILES string of the molecule is COc1cc(C)c(S(=O)(=O)NCCc2ncc(C)o2)c(C)c1. The Morgan fingerprint density at radius 3 is 2.36 bits per heavy atom. The summed E-state index contributed by atoms with van der Waals surface area (Å²) in [5, 5.41) is 0. The summed E-state index contributed by atoms with van der Waals surface area (Å²) in [4.78, 5) is 4.34. The highest BCUT2D eigenvalue weighted by Gasteiger charge is 2.20. The Balaban J connectivity index is 2.13. The maximum absolute atomic E-state index is 12.5. The number of aromatic nitrogens is 1. The Kier molecular flexibility index (Phi) is 4.87. The average molecular weight is 324 g/mol. The molecule has 6 nitrogen and oxygen atoms in total. The lowest BCUT2D eigenvalue weighted by molar-refractivity contribution is 0.413. The summed E-state index contributed by atoms with van der Waals surface area (Å²) in [7, 11) is -2.03. The third kappa shape index (κ3) is 3.66. The fourth-order valence-electron chi connectivity index (χ4n) is 2.33. The van der Waals surface area contributed by atoms with E-state index in [2.05, 4.69) is 9.71 Å². The molecule has 120 valence electrons. The molecule has 0 saturated heterocycles. The van der Waals surface area contributed by atoms with Crippen molar-refractivity contribution in [3.05, 3.63) is 41.1 Å². The third-order valence-corrected chi connectivity index (χ3v) is 5.00. The highest BCUT2D eigenvalue weighted by atomic mass is 32.2. The van der Waals surface area contributed by atoms with Gasteiger partial charge in [0, 0.05) is 13.0 Å². The molecule has 0 aliphatic carbocycles. The van der Waals surface area contributed by atoms with Gasteiger partial charge in [-0.05, 0) is 44.0 Å². The molecule has 2 aromatic rings. The highest BCUT2D eigenvalue weighted by molar-refractivity contribution is 7.89. The van der Waals surface area contributed by atoms with Crippen molar-refractivity contribution in [3.63, 3.8) is 0 Å². The Morgan fingerprint density at radius 2 is 1.86 bits per heavy atom. The molecule has 2 rings (SSSR count). The lowest BCUT2D eigenvalue weighted by Gasteiger charge is -2.13. The van der Waals surface area contributed by atoms with Gasteiger partial charge in [-0.15, -0.1) is 0 Å². The Morgan fingerprint density at radius 1 is 1.23 bits per heavy atom. The first-order valence-electron chi connectivity index (χ1n) is 6.89. The number of nitrogens with zero attached hydrogens (tertiary/aromatic N) is 1. The van der Waals surface area contributed by atoms with E-state index < -0.39 is 10.0 Å². The molecule has 22 heavy (non-hydrogen) atoms. The van der Waals surface area contributed by atoms with Crippen molar-refractivity contribution in [2.45, 2.75) is 32.1 Å². The van der Waals surface area contributed by atoms with Gasteiger partial charge in [0.1, 0.15) is 11.5 Å². The minimum atomic E-state index is -3.58. The molecule has 0 aliphatic heterocycles. The first-order valence-corrected chi connectivity index (χ1v) is 8.38. The fourth-order valence-corrected chi connectivity index (χ4v) is 3.81. The van der Waals surface area contributed by atoms with Gasteiger partial charge in [0.2, 0.25) is 10.0 Å². The number of hydrogen-bond acceptors (Lipinski definition) is 5. The normalized spacial score (nSPS) is 11.6. The molecule has 7 heteroatoms. The maximum Gasteiger partial charge on any atom is 0.241 e. The molecule has 1 heterocycles. The molecule has 1 N–H and O–H groups in total. The summed E-state index contributed by atoms with van der Waals surface area (Å²) in [6, 6.07) is 3.41. The summed E-state index contributed by atoms with van der Waals surface area (Å²) in [6.07, 6.45) is 2.02. The van der Waals surface area contributed by atoms with Gasteiger partial charge in [0.25, 0.3) is 0 Å². The van der Waals surface area contributed by atoms with Gasteiger partial charge in [-0.3, -0.25) is 0 Å². The predicted molar refractivity (Wildman–Crippen MR) is 82.6 cm³/mol. The van der Waals surface area contributed by atoms with E-state index in [1.165, 1.54) is 0 Å². The van der Waals surface area contributed by atoms with E-state index in [0.29, 0.717) is 34.9 Å². The van der Waals surface area contributed by atoms with Gasteiger partial charge < -0.3 is 9.15 Å². The number of benzene rings is 1. The van der Waals surface area contributed by atoms with Crippen LogP contribution in [0.5, 0.6) is 5.75 Å². The van der Waals surface area contributed by atoms with E-state index in [9.17, 15) is 8.42 Å². The lowest BCUT2D eigenvalue weighted by Crippen LogP contribution is -2.27. The quantitative estimate of drug-likeness (QED) is 0.880. The number of hydrogen-bond donors (Lipinski definition) is 1. The number of sulfonamides is 1. The number of oxazole rings is 1. The molecular formula is C15H20N2O4S. The van der Waals surface area contributed by atoms with Crippen molar-refractivity contribution in [1.29, 1.82) is 0 Å². The van der Waals surface area contributed by atoms with Crippen LogP contribution in [0.2, 0.25) is 0 Å². The Labute approximate surface area is 130 Å². The zero-order valence-corrected chi connectivity index (χ0v) is 14.0. The zero-order valence-electron chi connectivity index (χ0n) is 13.1. The molecule has 1 aromatic carbocycles. The van der Waals surface area contributed by atoms with Crippen molar-refractivity contribution in [2.75, 3.05) is 13.7 Å². The number of aryl methyl sites for hydroxylation is 3. The maximum atomic E-state index is 12.5. The summed E-state index contributed by atoms with van der Waals surface area (Å²) in [5.74, 6) is 1.87. The number of methoxy groups -OCH3 is 1. The van der Waals surface area contributed by atoms with E-state index in [-0.39, 0.29) is 11.4 Å². The van der Waals surface area contributed by atoms with Gasteiger partial charge >= 0.3 is 0 Å². The number of nitrogens with one attached hydrogen (secondary N) is 1. The number of rotatable bonds is 6. The largest absolute Gasteiger partial charge is 0.497 e. The van der Waals surface area contributed by atoms with Crippen molar-refractivity contribution in [3.8, 4) is 5.75 Å². The van der Waals surface area contributed by atoms with E-state index >= 15 is 0 Å². The summed E-state index contributed by atoms with van der Waals surface area (Å²) in [5.41, 5.74) is 1.30. The van der Waals surface area contributed by atoms with Crippen LogP contribution < -0.4 is 9.46 Å². The van der Waals surface area contributed by atoms with Crippen molar-refractivity contribution >= 4 is 10.0 Å². The minimum absolute atomic E-state index is 0.229. The van der Waals surface area contributed by atoms with E-state index in [4.69, 9.17) is 9.15 Å². The predicted octanol–water partition coefficient (Wildman–Crippen LogP) is 2.13. The minimum Gasteiger partial charge on any atom is -0.497 e. The summed E-state index contributed by atoms with van der Waals surface area (Å²) < 4.78 is 38.0. The number of ether oxygens (including phenoxy) is 1. The smallest absolute Gasteiger partial charge is 0.241 e. The second-order valence-electron chi connectivity index (χ2n) is 5.10. The monoisotopic (exact) mass is 324 g/mol. The van der Waals surface area contributed by atoms with Crippen LogP contribution in [0.25, 0.3) is 0 Å². The molecule has 0 radical (unpaired) electrons. The standard InChI is InChI=1S/C15H20N2O4S/c1-10-7-13(20-4)8-11(2)15(10)22(18,19)17-6-5-14-16-9-12(3)21-14/h7-9,17H,5-6H2,1-4H3. The Bertz CT molecular complexity index is 743. The van der Waals surface area contributed by atoms with Crippen LogP contribution >= 0.6 is 0 Å². The summed E-state index contributed by atoms with van der Waals surface area (Å²) in [6.45, 7) is 5.53. The second-order valence-corrected chi connectivity index (χ2v) is 6.81. The molecule has 0 saturated carbocycles. The molecule has 0 spiro atoms. The third-order valence-electron chi connectivity index (χ3n) is 3.24. The Hall–Kier alpha value is -1.86. The fraction of sp³-hybridized carbons (Fsp3) is 0.400. The van der Waals surface area contributed by atoms with E-state index in [1.807, 2.05) is 0 Å². The van der Waals surface area contributed by atoms with Gasteiger partial charge in [0.15, 0.2) is 5.89 Å². The van der Waals surface area contributed by atoms with Crippen LogP contribution in [0.3, 0.4) is 0 Å². The zero-order chi connectivity index (χ0) is 16.3. The van der Waals surface area contributed by atoms with E-state index in [0.717, 1.165) is 0 Å². The van der Waals surface area contributed by atoms with Crippen LogP contribution in [0, 0.1) is 20.8 Å². The van der Waals surface area contributed by atoms with Gasteiger partial charge in [-0.2, -0.15) is 0 Å². The first-order chi connectivity index (χ1) is 10.3. The van der Waals surface area contributed by atoms with Crippen molar-refractivity contribution < 1.29 is 17.6 Å². The molecule has 1 aromatic heterocycles. The molecule has 0 amide bonds. The van der Waals surface area contributed by atoms with Crippen LogP contribution in [-0.4, -0.2) is 27.1 Å². The molecule has 0 bridgehead atoms. The van der Waals surface area contributed by atoms with E-state index in [1.54, 1.807) is 46.2 Å². The van der Waals surface area contributed by atoms with Gasteiger partial charge in [-0.25, -0.2) is 18.1 Å². The lowest BCUT2D eigenvalue weighted by atomic mass is 10.1. The van der Waals surface area contributed by atoms with Crippen LogP contribution in [-0.2, 0) is 16.4 Å². The molecule has 0 fully saturated rings. The molecule has 0 atom stereocenters. The first kappa shape index (κ1) is 16.5. The molecule has 0 aliphatic rings. The van der Waals surface area contributed by atoms with Gasteiger partial charge in [0.05, 0.1) is 18.2 Å². The molecule has 0 unspecified atom stereocenters. The van der Waals surface area contributed by atoms with Crippen LogP contribution in [0.4, 0.5) is 0 Å². The average Bonchev–Trinajstić information content (AvgIpc) is 2.83. The molecular weight excluding hydrogens is 304 g/mol. The van der Waals surface area contributed by atoms with Crippen LogP contribution in [0.1, 0.15) is 22.8 Å². The van der Waals surface area contributed by atoms with Crippen molar-refractivity contribution in [1.82, 2.24) is 9.71 Å². The topological polar surface area (TPSA) is 81.4 Å². The van der Waals surface area contributed by atoms with Crippen LogP contribution in [0.15, 0.2) is 27.6 Å². The highest BCUT2D eigenvalue weighted by Crippen LogP contribution is 2.25. The second kappa shape index (κ2) is 6.50. The van der Waals surface area contributed by atoms with Gasteiger partial charge in [-0.1, -0.05) is 0 Å².